The molecule has 124 valence electrons. The monoisotopic (exact) mass is 321 g/mol. The van der Waals surface area contributed by atoms with E-state index in [0.29, 0.717) is 30.1 Å². The van der Waals surface area contributed by atoms with E-state index in [1.54, 1.807) is 7.11 Å². The molecule has 0 aliphatic rings. The molecule has 2 N–H and O–H groups in total. The Kier molecular flexibility index (Phi) is 5.93. The van der Waals surface area contributed by atoms with Gasteiger partial charge in [0.2, 0.25) is 0 Å². The fourth-order valence-corrected chi connectivity index (χ4v) is 2.55. The molecule has 23 heavy (non-hydrogen) atoms. The van der Waals surface area contributed by atoms with E-state index in [2.05, 4.69) is 0 Å². The van der Waals surface area contributed by atoms with Crippen LogP contribution in [-0.4, -0.2) is 20.3 Å². The zero-order valence-corrected chi connectivity index (χ0v) is 13.3. The van der Waals surface area contributed by atoms with E-state index in [-0.39, 0.29) is 12.5 Å². The van der Waals surface area contributed by atoms with Crippen LogP contribution in [0.2, 0.25) is 0 Å². The van der Waals surface area contributed by atoms with Crippen molar-refractivity contribution in [2.45, 2.75) is 19.3 Å². The summed E-state index contributed by atoms with van der Waals surface area (Å²) in [5.74, 6) is -0.114. The summed E-state index contributed by atoms with van der Waals surface area (Å²) in [4.78, 5) is 0. The van der Waals surface area contributed by atoms with Crippen LogP contribution in [0.15, 0.2) is 36.4 Å². The second-order valence-corrected chi connectivity index (χ2v) is 5.22. The van der Waals surface area contributed by atoms with Gasteiger partial charge in [0.25, 0.3) is 0 Å². The van der Waals surface area contributed by atoms with E-state index in [0.717, 1.165) is 11.6 Å². The van der Waals surface area contributed by atoms with Gasteiger partial charge < -0.3 is 15.2 Å². The predicted octanol–water partition coefficient (Wildman–Crippen LogP) is 3.66. The fraction of sp³-hybridized carbons (Fsp3) is 0.333. The van der Waals surface area contributed by atoms with Gasteiger partial charge in [-0.05, 0) is 49.2 Å². The number of ether oxygens (including phenoxy) is 2. The van der Waals surface area contributed by atoms with Crippen molar-refractivity contribution in [3.8, 4) is 11.5 Å². The zero-order chi connectivity index (χ0) is 16.8. The van der Waals surface area contributed by atoms with Crippen LogP contribution in [0.1, 0.15) is 24.0 Å². The fourth-order valence-electron chi connectivity index (χ4n) is 2.55. The number of halogens is 2. The van der Waals surface area contributed by atoms with Crippen molar-refractivity contribution in [1.29, 1.82) is 0 Å². The highest BCUT2D eigenvalue weighted by Crippen LogP contribution is 2.31. The third-order valence-corrected chi connectivity index (χ3v) is 3.70. The van der Waals surface area contributed by atoms with Gasteiger partial charge in [0.1, 0.15) is 11.6 Å². The van der Waals surface area contributed by atoms with Gasteiger partial charge in [0.15, 0.2) is 11.5 Å². The number of methoxy groups -OCH3 is 1. The minimum Gasteiger partial charge on any atom is -0.493 e. The van der Waals surface area contributed by atoms with Gasteiger partial charge in [0, 0.05) is 12.0 Å². The Morgan fingerprint density at radius 3 is 2.48 bits per heavy atom. The molecule has 0 fully saturated rings. The Bertz CT molecular complexity index is 661. The average Bonchev–Trinajstić information content (AvgIpc) is 2.54. The second kappa shape index (κ2) is 7.92. The van der Waals surface area contributed by atoms with Crippen molar-refractivity contribution in [2.75, 3.05) is 20.3 Å². The summed E-state index contributed by atoms with van der Waals surface area (Å²) in [5, 5.41) is 0. The van der Waals surface area contributed by atoms with Gasteiger partial charge in [-0.2, -0.15) is 0 Å². The van der Waals surface area contributed by atoms with Crippen LogP contribution in [0.25, 0.3) is 0 Å². The van der Waals surface area contributed by atoms with Crippen LogP contribution in [0.5, 0.6) is 11.5 Å². The lowest BCUT2D eigenvalue weighted by Gasteiger charge is -2.17. The average molecular weight is 321 g/mol. The summed E-state index contributed by atoms with van der Waals surface area (Å²) < 4.78 is 37.8. The van der Waals surface area contributed by atoms with Crippen molar-refractivity contribution < 1.29 is 18.3 Å². The number of hydrogen-bond donors (Lipinski definition) is 1. The highest BCUT2D eigenvalue weighted by atomic mass is 19.1. The largest absolute Gasteiger partial charge is 0.493 e. The van der Waals surface area contributed by atoms with Crippen LogP contribution in [0, 0.1) is 11.6 Å². The maximum atomic E-state index is 14.0. The smallest absolute Gasteiger partial charge is 0.161 e. The number of nitrogens with two attached hydrogens (primary N) is 1. The normalized spacial score (nSPS) is 12.0. The van der Waals surface area contributed by atoms with Crippen molar-refractivity contribution in [3.05, 3.63) is 59.2 Å². The summed E-state index contributed by atoms with van der Waals surface area (Å²) in [7, 11) is 1.57. The first-order valence-electron chi connectivity index (χ1n) is 7.53. The molecule has 0 heterocycles. The second-order valence-electron chi connectivity index (χ2n) is 5.22. The maximum Gasteiger partial charge on any atom is 0.161 e. The van der Waals surface area contributed by atoms with Crippen molar-refractivity contribution in [1.82, 2.24) is 0 Å². The van der Waals surface area contributed by atoms with Gasteiger partial charge in [0.05, 0.1) is 13.7 Å². The summed E-state index contributed by atoms with van der Waals surface area (Å²) >= 11 is 0. The molecule has 5 heteroatoms. The molecule has 0 saturated heterocycles. The third-order valence-electron chi connectivity index (χ3n) is 3.70. The molecule has 0 aliphatic heterocycles. The zero-order valence-electron chi connectivity index (χ0n) is 13.3. The summed E-state index contributed by atoms with van der Waals surface area (Å²) in [6.45, 7) is 2.70. The Morgan fingerprint density at radius 2 is 1.87 bits per heavy atom. The molecule has 0 amide bonds. The first-order valence-corrected chi connectivity index (χ1v) is 7.53. The molecule has 2 aromatic rings. The first kappa shape index (κ1) is 17.2. The summed E-state index contributed by atoms with van der Waals surface area (Å²) in [5.41, 5.74) is 7.16. The molecule has 0 aromatic heterocycles. The van der Waals surface area contributed by atoms with Crippen molar-refractivity contribution >= 4 is 0 Å². The molecule has 0 spiro atoms. The van der Waals surface area contributed by atoms with Crippen LogP contribution in [-0.2, 0) is 6.42 Å². The van der Waals surface area contributed by atoms with Crippen LogP contribution >= 0.6 is 0 Å². The Hall–Kier alpha value is -2.14. The van der Waals surface area contributed by atoms with Crippen molar-refractivity contribution in [2.24, 2.45) is 5.73 Å². The molecule has 1 unspecified atom stereocenters. The highest BCUT2D eigenvalue weighted by molar-refractivity contribution is 5.43. The third kappa shape index (κ3) is 4.20. The first-order chi connectivity index (χ1) is 11.1. The van der Waals surface area contributed by atoms with Crippen LogP contribution in [0.4, 0.5) is 8.78 Å². The van der Waals surface area contributed by atoms with E-state index in [1.165, 1.54) is 12.1 Å². The summed E-state index contributed by atoms with van der Waals surface area (Å²) in [6.07, 6.45) is 0.530. The molecule has 1 atom stereocenters. The summed E-state index contributed by atoms with van der Waals surface area (Å²) in [6, 6.07) is 9.17. The SMILES string of the molecule is CCOc1ccc(CC(CN)c2ccc(F)cc2F)cc1OC. The van der Waals surface area contributed by atoms with Gasteiger partial charge >= 0.3 is 0 Å². The minimum atomic E-state index is -0.593. The quantitative estimate of drug-likeness (QED) is 0.846. The van der Waals surface area contributed by atoms with Gasteiger partial charge in [-0.1, -0.05) is 12.1 Å². The molecule has 2 aromatic carbocycles. The van der Waals surface area contributed by atoms with Gasteiger partial charge in [-0.25, -0.2) is 8.78 Å². The number of rotatable bonds is 7. The topological polar surface area (TPSA) is 44.5 Å². The molecular formula is C18H21F2NO2. The van der Waals surface area contributed by atoms with Crippen LogP contribution in [0.3, 0.4) is 0 Å². The van der Waals surface area contributed by atoms with E-state index >= 15 is 0 Å². The Labute approximate surface area is 135 Å². The molecule has 0 saturated carbocycles. The number of benzene rings is 2. The molecule has 3 nitrogen and oxygen atoms in total. The van der Waals surface area contributed by atoms with Crippen molar-refractivity contribution in [3.63, 3.8) is 0 Å². The highest BCUT2D eigenvalue weighted by Gasteiger charge is 2.17. The van der Waals surface area contributed by atoms with E-state index in [1.807, 2.05) is 25.1 Å². The van der Waals surface area contributed by atoms with E-state index < -0.39 is 11.6 Å². The minimum absolute atomic E-state index is 0.238. The van der Waals surface area contributed by atoms with E-state index in [4.69, 9.17) is 15.2 Å². The molecule has 0 bridgehead atoms. The Balaban J connectivity index is 2.24. The lowest BCUT2D eigenvalue weighted by atomic mass is 9.91. The molecular weight excluding hydrogens is 300 g/mol. The van der Waals surface area contributed by atoms with Gasteiger partial charge in [-0.3, -0.25) is 0 Å². The molecule has 0 aliphatic carbocycles. The number of hydrogen-bond acceptors (Lipinski definition) is 3. The maximum absolute atomic E-state index is 14.0. The predicted molar refractivity (Wildman–Crippen MR) is 86.0 cm³/mol. The van der Waals surface area contributed by atoms with Gasteiger partial charge in [-0.15, -0.1) is 0 Å². The Morgan fingerprint density at radius 1 is 1.09 bits per heavy atom. The lowest BCUT2D eigenvalue weighted by molar-refractivity contribution is 0.310. The standard InChI is InChI=1S/C18H21F2NO2/c1-3-23-17-7-4-12(9-18(17)22-2)8-13(11-21)15-6-5-14(19)10-16(15)20/h4-7,9-10,13H,3,8,11,21H2,1-2H3. The van der Waals surface area contributed by atoms with E-state index in [9.17, 15) is 8.78 Å². The van der Waals surface area contributed by atoms with Crippen LogP contribution < -0.4 is 15.2 Å². The molecule has 2 rings (SSSR count). The lowest BCUT2D eigenvalue weighted by Crippen LogP contribution is -2.16. The molecule has 0 radical (unpaired) electrons.